The molecule has 0 amide bonds. The van der Waals surface area contributed by atoms with Gasteiger partial charge in [0.05, 0.1) is 6.61 Å². The fourth-order valence-electron chi connectivity index (χ4n) is 1.68. The zero-order valence-corrected chi connectivity index (χ0v) is 9.68. The molecule has 1 nitrogen and oxygen atoms in total. The van der Waals surface area contributed by atoms with E-state index in [-0.39, 0.29) is 0 Å². The third-order valence-electron chi connectivity index (χ3n) is 2.38. The Balaban J connectivity index is 2.93. The van der Waals surface area contributed by atoms with Gasteiger partial charge in [0.15, 0.2) is 0 Å². The first-order valence-electron chi connectivity index (χ1n) is 5.42. The van der Waals surface area contributed by atoms with Crippen LogP contribution in [-0.4, -0.2) is 6.61 Å². The van der Waals surface area contributed by atoms with Crippen LogP contribution in [0.3, 0.4) is 0 Å². The summed E-state index contributed by atoms with van der Waals surface area (Å²) < 4.78 is 5.72. The van der Waals surface area contributed by atoms with Crippen molar-refractivity contribution in [2.24, 2.45) is 0 Å². The highest BCUT2D eigenvalue weighted by Crippen LogP contribution is 2.25. The van der Waals surface area contributed by atoms with Gasteiger partial charge in [0.2, 0.25) is 0 Å². The quantitative estimate of drug-likeness (QED) is 0.707. The summed E-state index contributed by atoms with van der Waals surface area (Å²) in [6.07, 6.45) is 2.16. The molecule has 0 aliphatic carbocycles. The van der Waals surface area contributed by atoms with Gasteiger partial charge < -0.3 is 4.74 Å². The number of hydrogen-bond donors (Lipinski definition) is 0. The summed E-state index contributed by atoms with van der Waals surface area (Å²) in [5.74, 6) is 1.07. The maximum atomic E-state index is 5.72. The molecule has 1 aromatic rings. The van der Waals surface area contributed by atoms with Crippen LogP contribution in [-0.2, 0) is 6.42 Å². The van der Waals surface area contributed by atoms with Crippen LogP contribution in [0.25, 0.3) is 0 Å². The Hall–Kier alpha value is -0.980. The van der Waals surface area contributed by atoms with Crippen LogP contribution in [0.4, 0.5) is 0 Å². The minimum absolute atomic E-state index is 0.813. The van der Waals surface area contributed by atoms with Crippen LogP contribution in [0, 0.1) is 13.8 Å². The fraction of sp³-hybridized carbons (Fsp3) is 0.538. The van der Waals surface area contributed by atoms with Crippen LogP contribution in [0.1, 0.15) is 37.0 Å². The number of ether oxygens (including phenoxy) is 1. The summed E-state index contributed by atoms with van der Waals surface area (Å²) in [7, 11) is 0. The summed E-state index contributed by atoms with van der Waals surface area (Å²) in [5, 5.41) is 0. The molecule has 0 unspecified atom stereocenters. The third-order valence-corrected chi connectivity index (χ3v) is 2.38. The lowest BCUT2D eigenvalue weighted by atomic mass is 10.0. The van der Waals surface area contributed by atoms with Crippen molar-refractivity contribution in [2.75, 3.05) is 6.61 Å². The van der Waals surface area contributed by atoms with Crippen molar-refractivity contribution in [1.29, 1.82) is 0 Å². The summed E-state index contributed by atoms with van der Waals surface area (Å²) in [6.45, 7) is 9.37. The molecule has 0 aliphatic heterocycles. The smallest absolute Gasteiger partial charge is 0.125 e. The Morgan fingerprint density at radius 1 is 1.07 bits per heavy atom. The van der Waals surface area contributed by atoms with Crippen molar-refractivity contribution >= 4 is 0 Å². The van der Waals surface area contributed by atoms with Crippen molar-refractivity contribution in [3.63, 3.8) is 0 Å². The number of aryl methyl sites for hydroxylation is 3. The highest BCUT2D eigenvalue weighted by molar-refractivity contribution is 5.43. The lowest BCUT2D eigenvalue weighted by Gasteiger charge is -2.12. The first kappa shape index (κ1) is 11.1. The molecule has 0 saturated heterocycles. The van der Waals surface area contributed by atoms with Gasteiger partial charge >= 0.3 is 0 Å². The monoisotopic (exact) mass is 192 g/mol. The Morgan fingerprint density at radius 3 is 2.07 bits per heavy atom. The molecule has 0 spiro atoms. The van der Waals surface area contributed by atoms with Crippen LogP contribution in [0.2, 0.25) is 0 Å². The molecular formula is C13H20O. The van der Waals surface area contributed by atoms with E-state index in [1.54, 1.807) is 0 Å². The van der Waals surface area contributed by atoms with E-state index in [4.69, 9.17) is 4.74 Å². The van der Waals surface area contributed by atoms with E-state index in [1.165, 1.54) is 16.7 Å². The second-order valence-electron chi connectivity index (χ2n) is 3.76. The van der Waals surface area contributed by atoms with Gasteiger partial charge in [0, 0.05) is 0 Å². The minimum atomic E-state index is 0.813. The lowest BCUT2D eigenvalue weighted by Crippen LogP contribution is -2.00. The summed E-state index contributed by atoms with van der Waals surface area (Å²) in [5.41, 5.74) is 3.91. The molecule has 0 fully saturated rings. The number of rotatable bonds is 4. The van der Waals surface area contributed by atoms with Gasteiger partial charge in [-0.3, -0.25) is 0 Å². The van der Waals surface area contributed by atoms with Gasteiger partial charge in [-0.15, -0.1) is 0 Å². The highest BCUT2D eigenvalue weighted by Gasteiger charge is 2.04. The van der Waals surface area contributed by atoms with Crippen molar-refractivity contribution in [3.8, 4) is 5.75 Å². The average Bonchev–Trinajstić information content (AvgIpc) is 2.16. The van der Waals surface area contributed by atoms with E-state index in [0.717, 1.165) is 25.2 Å². The largest absolute Gasteiger partial charge is 0.493 e. The predicted octanol–water partition coefficient (Wildman–Crippen LogP) is 3.65. The highest BCUT2D eigenvalue weighted by atomic mass is 16.5. The fourth-order valence-corrected chi connectivity index (χ4v) is 1.68. The molecule has 0 N–H and O–H groups in total. The molecule has 0 radical (unpaired) electrons. The maximum Gasteiger partial charge on any atom is 0.125 e. The molecule has 0 saturated carbocycles. The van der Waals surface area contributed by atoms with Gasteiger partial charge in [0.1, 0.15) is 5.75 Å². The molecular weight excluding hydrogens is 172 g/mol. The number of hydrogen-bond acceptors (Lipinski definition) is 1. The van der Waals surface area contributed by atoms with E-state index >= 15 is 0 Å². The average molecular weight is 192 g/mol. The predicted molar refractivity (Wildman–Crippen MR) is 61.1 cm³/mol. The van der Waals surface area contributed by atoms with Crippen molar-refractivity contribution < 1.29 is 4.74 Å². The van der Waals surface area contributed by atoms with Crippen LogP contribution in [0.5, 0.6) is 5.75 Å². The van der Waals surface area contributed by atoms with Crippen molar-refractivity contribution in [1.82, 2.24) is 0 Å². The standard InChI is InChI=1S/C13H20O/c1-5-7-14-13-10(3)8-12(6-2)9-11(13)4/h8-9H,5-7H2,1-4H3. The van der Waals surface area contributed by atoms with Gasteiger partial charge in [-0.25, -0.2) is 0 Å². The molecule has 1 heteroatoms. The first-order valence-corrected chi connectivity index (χ1v) is 5.42. The molecule has 0 atom stereocenters. The zero-order chi connectivity index (χ0) is 10.6. The molecule has 78 valence electrons. The Kier molecular flexibility index (Phi) is 3.99. The van der Waals surface area contributed by atoms with Crippen molar-refractivity contribution in [2.45, 2.75) is 40.5 Å². The third kappa shape index (κ3) is 2.50. The van der Waals surface area contributed by atoms with Crippen molar-refractivity contribution in [3.05, 3.63) is 28.8 Å². The minimum Gasteiger partial charge on any atom is -0.493 e. The maximum absolute atomic E-state index is 5.72. The molecule has 1 rings (SSSR count). The van der Waals surface area contributed by atoms with Gasteiger partial charge in [-0.1, -0.05) is 26.0 Å². The van der Waals surface area contributed by atoms with Gasteiger partial charge in [0.25, 0.3) is 0 Å². The Labute approximate surface area is 87.1 Å². The first-order chi connectivity index (χ1) is 6.69. The van der Waals surface area contributed by atoms with Crippen LogP contribution < -0.4 is 4.74 Å². The lowest BCUT2D eigenvalue weighted by molar-refractivity contribution is 0.313. The van der Waals surface area contributed by atoms with E-state index < -0.39 is 0 Å². The summed E-state index contributed by atoms with van der Waals surface area (Å²) >= 11 is 0. The van der Waals surface area contributed by atoms with Gasteiger partial charge in [-0.2, -0.15) is 0 Å². The topological polar surface area (TPSA) is 9.23 Å². The second kappa shape index (κ2) is 5.04. The number of benzene rings is 1. The molecule has 14 heavy (non-hydrogen) atoms. The normalized spacial score (nSPS) is 10.3. The molecule has 0 aromatic heterocycles. The van der Waals surface area contributed by atoms with E-state index in [0.29, 0.717) is 0 Å². The van der Waals surface area contributed by atoms with Gasteiger partial charge in [-0.05, 0) is 43.4 Å². The zero-order valence-electron chi connectivity index (χ0n) is 9.68. The van der Waals surface area contributed by atoms with Crippen LogP contribution in [0.15, 0.2) is 12.1 Å². The van der Waals surface area contributed by atoms with E-state index in [9.17, 15) is 0 Å². The molecule has 1 aromatic carbocycles. The Bertz CT molecular complexity index is 279. The SMILES string of the molecule is CCCOc1c(C)cc(CC)cc1C. The summed E-state index contributed by atoms with van der Waals surface area (Å²) in [4.78, 5) is 0. The second-order valence-corrected chi connectivity index (χ2v) is 3.76. The molecule has 0 bridgehead atoms. The molecule has 0 aliphatic rings. The van der Waals surface area contributed by atoms with Crippen LogP contribution >= 0.6 is 0 Å². The summed E-state index contributed by atoms with van der Waals surface area (Å²) in [6, 6.07) is 4.44. The van der Waals surface area contributed by atoms with E-state index in [1.807, 2.05) is 0 Å². The van der Waals surface area contributed by atoms with E-state index in [2.05, 4.69) is 39.8 Å². The molecule has 0 heterocycles. The Morgan fingerprint density at radius 2 is 1.64 bits per heavy atom.